The second-order valence-corrected chi connectivity index (χ2v) is 5.68. The van der Waals surface area contributed by atoms with E-state index in [-0.39, 0.29) is 10.6 Å². The van der Waals surface area contributed by atoms with Crippen molar-refractivity contribution in [3.8, 4) is 11.8 Å². The van der Waals surface area contributed by atoms with Crippen molar-refractivity contribution in [1.29, 1.82) is 0 Å². The quantitative estimate of drug-likeness (QED) is 0.638. The summed E-state index contributed by atoms with van der Waals surface area (Å²) in [6, 6.07) is 20.5. The van der Waals surface area contributed by atoms with Gasteiger partial charge >= 0.3 is 0 Å². The van der Waals surface area contributed by atoms with Gasteiger partial charge in [-0.1, -0.05) is 47.7 Å². The lowest BCUT2D eigenvalue weighted by Crippen LogP contribution is -2.12. The van der Waals surface area contributed by atoms with Gasteiger partial charge in [-0.15, -0.1) is 0 Å². The molecule has 25 heavy (non-hydrogen) atoms. The van der Waals surface area contributed by atoms with E-state index < -0.39 is 11.7 Å². The number of rotatable bonds is 2. The first kappa shape index (κ1) is 16.8. The molecule has 3 aromatic carbocycles. The van der Waals surface area contributed by atoms with E-state index in [1.165, 1.54) is 12.1 Å². The first-order valence-corrected chi connectivity index (χ1v) is 7.93. The van der Waals surface area contributed by atoms with Gasteiger partial charge in [0, 0.05) is 16.8 Å². The average molecular weight is 350 g/mol. The fourth-order valence-electron chi connectivity index (χ4n) is 2.21. The Morgan fingerprint density at radius 2 is 1.60 bits per heavy atom. The third kappa shape index (κ3) is 4.47. The van der Waals surface area contributed by atoms with Gasteiger partial charge in [-0.2, -0.15) is 0 Å². The summed E-state index contributed by atoms with van der Waals surface area (Å²) in [6.45, 7) is 0. The number of anilines is 1. The van der Waals surface area contributed by atoms with Crippen LogP contribution in [0.3, 0.4) is 0 Å². The van der Waals surface area contributed by atoms with Crippen molar-refractivity contribution >= 4 is 23.2 Å². The number of carbonyl (C=O) groups excluding carboxylic acids is 1. The Morgan fingerprint density at radius 3 is 2.36 bits per heavy atom. The number of hydrogen-bond acceptors (Lipinski definition) is 1. The van der Waals surface area contributed by atoms with Crippen LogP contribution in [0.2, 0.25) is 5.02 Å². The number of benzene rings is 3. The molecule has 0 radical (unpaired) electrons. The zero-order chi connectivity index (χ0) is 17.6. The molecule has 0 spiro atoms. The Labute approximate surface area is 150 Å². The van der Waals surface area contributed by atoms with Gasteiger partial charge in [0.1, 0.15) is 5.82 Å². The fourth-order valence-corrected chi connectivity index (χ4v) is 2.47. The van der Waals surface area contributed by atoms with Crippen molar-refractivity contribution in [2.24, 2.45) is 0 Å². The molecule has 0 atom stereocenters. The summed E-state index contributed by atoms with van der Waals surface area (Å²) in [5, 5.41) is 2.81. The molecule has 3 aromatic rings. The molecule has 1 N–H and O–H groups in total. The summed E-state index contributed by atoms with van der Waals surface area (Å²) in [5.74, 6) is 5.23. The Balaban J connectivity index is 1.78. The molecule has 122 valence electrons. The summed E-state index contributed by atoms with van der Waals surface area (Å²) in [7, 11) is 0. The maximum atomic E-state index is 13.1. The Morgan fingerprint density at radius 1 is 0.880 bits per heavy atom. The molecule has 0 aliphatic rings. The molecule has 0 bridgehead atoms. The monoisotopic (exact) mass is 349 g/mol. The number of halogens is 2. The summed E-state index contributed by atoms with van der Waals surface area (Å²) in [5.41, 5.74) is 2.48. The number of hydrogen-bond donors (Lipinski definition) is 1. The number of amides is 1. The number of carbonyl (C=O) groups is 1. The first-order valence-electron chi connectivity index (χ1n) is 7.55. The molecule has 0 heterocycles. The van der Waals surface area contributed by atoms with E-state index in [4.69, 9.17) is 11.6 Å². The Bertz CT molecular complexity index is 974. The number of nitrogens with one attached hydrogen (secondary N) is 1. The summed E-state index contributed by atoms with van der Waals surface area (Å²) < 4.78 is 13.1. The van der Waals surface area contributed by atoms with Crippen LogP contribution in [0.4, 0.5) is 10.1 Å². The lowest BCUT2D eigenvalue weighted by Gasteiger charge is -2.07. The zero-order valence-electron chi connectivity index (χ0n) is 13.1. The highest BCUT2D eigenvalue weighted by Gasteiger charge is 2.11. The average Bonchev–Trinajstić information content (AvgIpc) is 2.61. The molecule has 2 nitrogen and oxygen atoms in total. The molecular formula is C21H13ClFNO. The lowest BCUT2D eigenvalue weighted by atomic mass is 10.1. The van der Waals surface area contributed by atoms with Crippen LogP contribution >= 0.6 is 11.6 Å². The van der Waals surface area contributed by atoms with E-state index in [9.17, 15) is 9.18 Å². The van der Waals surface area contributed by atoms with Crippen LogP contribution in [-0.2, 0) is 0 Å². The van der Waals surface area contributed by atoms with Crippen molar-refractivity contribution in [2.75, 3.05) is 5.32 Å². The SMILES string of the molecule is O=C(Nc1cccc(C#Cc2ccccc2)c1)c1ccc(F)cc1Cl. The third-order valence-electron chi connectivity index (χ3n) is 3.42. The molecule has 0 unspecified atom stereocenters. The van der Waals surface area contributed by atoms with Crippen molar-refractivity contribution in [1.82, 2.24) is 0 Å². The van der Waals surface area contributed by atoms with E-state index in [1.807, 2.05) is 36.4 Å². The Kier molecular flexibility index (Phi) is 5.13. The molecule has 0 aliphatic carbocycles. The van der Waals surface area contributed by atoms with Crippen LogP contribution in [0.1, 0.15) is 21.5 Å². The van der Waals surface area contributed by atoms with Crippen LogP contribution in [0, 0.1) is 17.7 Å². The second kappa shape index (κ2) is 7.65. The van der Waals surface area contributed by atoms with Crippen LogP contribution in [0.5, 0.6) is 0 Å². The van der Waals surface area contributed by atoms with Crippen molar-refractivity contribution in [3.63, 3.8) is 0 Å². The van der Waals surface area contributed by atoms with Gasteiger partial charge in [-0.25, -0.2) is 4.39 Å². The van der Waals surface area contributed by atoms with Gasteiger partial charge in [-0.3, -0.25) is 4.79 Å². The van der Waals surface area contributed by atoms with Crippen LogP contribution in [0.25, 0.3) is 0 Å². The Hall–Kier alpha value is -3.09. The molecule has 4 heteroatoms. The van der Waals surface area contributed by atoms with Crippen LogP contribution in [-0.4, -0.2) is 5.91 Å². The van der Waals surface area contributed by atoms with Crippen molar-refractivity contribution < 1.29 is 9.18 Å². The van der Waals surface area contributed by atoms with Crippen molar-refractivity contribution in [3.05, 3.63) is 100 Å². The topological polar surface area (TPSA) is 29.1 Å². The normalized spacial score (nSPS) is 9.84. The zero-order valence-corrected chi connectivity index (χ0v) is 13.8. The van der Waals surface area contributed by atoms with Crippen LogP contribution < -0.4 is 5.32 Å². The van der Waals surface area contributed by atoms with E-state index in [2.05, 4.69) is 17.2 Å². The first-order chi connectivity index (χ1) is 12.1. The molecule has 3 rings (SSSR count). The van der Waals surface area contributed by atoms with Gasteiger partial charge in [-0.05, 0) is 48.5 Å². The van der Waals surface area contributed by atoms with Gasteiger partial charge in [0.15, 0.2) is 0 Å². The van der Waals surface area contributed by atoms with E-state index >= 15 is 0 Å². The summed E-state index contributed by atoms with van der Waals surface area (Å²) in [4.78, 5) is 12.3. The summed E-state index contributed by atoms with van der Waals surface area (Å²) in [6.07, 6.45) is 0. The minimum atomic E-state index is -0.486. The highest BCUT2D eigenvalue weighted by Crippen LogP contribution is 2.19. The molecule has 0 aromatic heterocycles. The van der Waals surface area contributed by atoms with E-state index in [1.54, 1.807) is 18.2 Å². The highest BCUT2D eigenvalue weighted by molar-refractivity contribution is 6.34. The summed E-state index contributed by atoms with van der Waals surface area (Å²) >= 11 is 5.92. The van der Waals surface area contributed by atoms with Gasteiger partial charge in [0.05, 0.1) is 10.6 Å². The standard InChI is InChI=1S/C21H13ClFNO/c22-20-14-17(23)11-12-19(20)21(25)24-18-8-4-7-16(13-18)10-9-15-5-2-1-3-6-15/h1-8,11-14H,(H,24,25). The van der Waals surface area contributed by atoms with Gasteiger partial charge < -0.3 is 5.32 Å². The molecule has 0 fully saturated rings. The largest absolute Gasteiger partial charge is 0.322 e. The minimum absolute atomic E-state index is 0.0672. The smallest absolute Gasteiger partial charge is 0.257 e. The molecule has 1 amide bonds. The van der Waals surface area contributed by atoms with E-state index in [0.29, 0.717) is 5.69 Å². The highest BCUT2D eigenvalue weighted by atomic mass is 35.5. The lowest BCUT2D eigenvalue weighted by molar-refractivity contribution is 0.102. The third-order valence-corrected chi connectivity index (χ3v) is 3.73. The molecular weight excluding hydrogens is 337 g/mol. The maximum absolute atomic E-state index is 13.1. The van der Waals surface area contributed by atoms with Crippen LogP contribution in [0.15, 0.2) is 72.8 Å². The van der Waals surface area contributed by atoms with E-state index in [0.717, 1.165) is 17.2 Å². The minimum Gasteiger partial charge on any atom is -0.322 e. The molecule has 0 saturated carbocycles. The molecule has 0 aliphatic heterocycles. The maximum Gasteiger partial charge on any atom is 0.257 e. The molecule has 0 saturated heterocycles. The predicted octanol–water partition coefficient (Wildman–Crippen LogP) is 5.13. The second-order valence-electron chi connectivity index (χ2n) is 5.28. The fraction of sp³-hybridized carbons (Fsp3) is 0. The van der Waals surface area contributed by atoms with Crippen molar-refractivity contribution in [2.45, 2.75) is 0 Å². The van der Waals surface area contributed by atoms with Gasteiger partial charge in [0.25, 0.3) is 5.91 Å². The van der Waals surface area contributed by atoms with Gasteiger partial charge in [0.2, 0.25) is 0 Å². The predicted molar refractivity (Wildman–Crippen MR) is 98.2 cm³/mol.